The molecule has 20 heavy (non-hydrogen) atoms. The Hall–Kier alpha value is -1.53. The van der Waals surface area contributed by atoms with Crippen LogP contribution >= 0.6 is 12.4 Å². The van der Waals surface area contributed by atoms with Crippen molar-refractivity contribution in [2.24, 2.45) is 0 Å². The van der Waals surface area contributed by atoms with Crippen molar-refractivity contribution in [2.45, 2.75) is 27.3 Å². The van der Waals surface area contributed by atoms with Gasteiger partial charge in [0, 0.05) is 6.07 Å². The topological polar surface area (TPSA) is 80.0 Å². The molecule has 6 nitrogen and oxygen atoms in total. The van der Waals surface area contributed by atoms with Gasteiger partial charge in [-0.3, -0.25) is 9.69 Å². The third-order valence-electron chi connectivity index (χ3n) is 2.73. The number of aromatic hydroxyl groups is 1. The van der Waals surface area contributed by atoms with Crippen LogP contribution in [0.1, 0.15) is 37.1 Å². The molecule has 1 aromatic rings. The van der Waals surface area contributed by atoms with Gasteiger partial charge in [0.05, 0.1) is 13.2 Å². The molecule has 1 N–H and O–H groups in total. The maximum atomic E-state index is 11.6. The largest absolute Gasteiger partial charge is 0.502 e. The standard InChI is InChI=1S/C13H19NO5.ClH/c1-4-14(5-2)8-11-12(16)9(15)7-10(19-11)13(17)18-6-3;/h7,16H,4-6,8H2,1-3H3;1H. The Morgan fingerprint density at radius 1 is 1.35 bits per heavy atom. The fraction of sp³-hybridized carbons (Fsp3) is 0.538. The molecule has 0 saturated carbocycles. The first kappa shape index (κ1) is 18.5. The van der Waals surface area contributed by atoms with Crippen LogP contribution in [0, 0.1) is 0 Å². The summed E-state index contributed by atoms with van der Waals surface area (Å²) in [4.78, 5) is 25.1. The summed E-state index contributed by atoms with van der Waals surface area (Å²) in [5.41, 5.74) is -0.642. The molecule has 0 fully saturated rings. The smallest absolute Gasteiger partial charge is 0.374 e. The zero-order valence-electron chi connectivity index (χ0n) is 11.8. The van der Waals surface area contributed by atoms with Crippen LogP contribution in [0.15, 0.2) is 15.3 Å². The molecule has 1 aromatic heterocycles. The van der Waals surface area contributed by atoms with Gasteiger partial charge < -0.3 is 14.3 Å². The number of carbonyl (C=O) groups excluding carboxylic acids is 1. The summed E-state index contributed by atoms with van der Waals surface area (Å²) in [5.74, 6) is -1.27. The van der Waals surface area contributed by atoms with Crippen molar-refractivity contribution in [2.75, 3.05) is 19.7 Å². The van der Waals surface area contributed by atoms with Crippen molar-refractivity contribution in [3.63, 3.8) is 0 Å². The molecule has 0 aromatic carbocycles. The fourth-order valence-electron chi connectivity index (χ4n) is 1.60. The van der Waals surface area contributed by atoms with Crippen LogP contribution in [0.5, 0.6) is 5.75 Å². The molecule has 0 aliphatic heterocycles. The van der Waals surface area contributed by atoms with E-state index in [2.05, 4.69) is 0 Å². The van der Waals surface area contributed by atoms with Crippen LogP contribution in [0.2, 0.25) is 0 Å². The Balaban J connectivity index is 0.00000361. The molecule has 0 unspecified atom stereocenters. The SMILES string of the molecule is CCOC(=O)c1cc(=O)c(O)c(CN(CC)CC)o1.Cl. The van der Waals surface area contributed by atoms with E-state index >= 15 is 0 Å². The molecule has 0 radical (unpaired) electrons. The van der Waals surface area contributed by atoms with Crippen LogP contribution in [0.25, 0.3) is 0 Å². The molecular formula is C13H20ClNO5. The number of hydrogen-bond donors (Lipinski definition) is 1. The first-order valence-corrected chi connectivity index (χ1v) is 6.28. The van der Waals surface area contributed by atoms with Crippen LogP contribution < -0.4 is 5.43 Å². The van der Waals surface area contributed by atoms with E-state index in [1.165, 1.54) is 0 Å². The molecule has 0 aliphatic carbocycles. The number of rotatable bonds is 6. The molecule has 0 amide bonds. The van der Waals surface area contributed by atoms with Gasteiger partial charge >= 0.3 is 5.97 Å². The summed E-state index contributed by atoms with van der Waals surface area (Å²) in [7, 11) is 0. The lowest BCUT2D eigenvalue weighted by molar-refractivity contribution is 0.0481. The minimum Gasteiger partial charge on any atom is -0.502 e. The highest BCUT2D eigenvalue weighted by Gasteiger charge is 2.18. The van der Waals surface area contributed by atoms with Crippen LogP contribution in [-0.4, -0.2) is 35.7 Å². The first-order valence-electron chi connectivity index (χ1n) is 6.28. The van der Waals surface area contributed by atoms with Gasteiger partial charge in [-0.15, -0.1) is 12.4 Å². The highest BCUT2D eigenvalue weighted by Crippen LogP contribution is 2.16. The normalized spacial score (nSPS) is 10.2. The molecule has 114 valence electrons. The average Bonchev–Trinajstić information content (AvgIpc) is 2.40. The lowest BCUT2D eigenvalue weighted by atomic mass is 10.3. The van der Waals surface area contributed by atoms with Gasteiger partial charge in [0.1, 0.15) is 0 Å². The second-order valence-electron chi connectivity index (χ2n) is 3.93. The Labute approximate surface area is 123 Å². The maximum Gasteiger partial charge on any atom is 0.374 e. The third-order valence-corrected chi connectivity index (χ3v) is 2.73. The van der Waals surface area contributed by atoms with Gasteiger partial charge in [0.2, 0.25) is 16.9 Å². The minimum atomic E-state index is -0.708. The van der Waals surface area contributed by atoms with Crippen molar-refractivity contribution in [1.82, 2.24) is 4.90 Å². The predicted octanol–water partition coefficient (Wildman–Crippen LogP) is 1.79. The van der Waals surface area contributed by atoms with E-state index in [1.54, 1.807) is 6.92 Å². The van der Waals surface area contributed by atoms with E-state index in [-0.39, 0.29) is 37.1 Å². The summed E-state index contributed by atoms with van der Waals surface area (Å²) < 4.78 is 10.0. The van der Waals surface area contributed by atoms with Crippen LogP contribution in [0.3, 0.4) is 0 Å². The minimum absolute atomic E-state index is 0. The predicted molar refractivity (Wildman–Crippen MR) is 76.5 cm³/mol. The lowest BCUT2D eigenvalue weighted by Crippen LogP contribution is -2.23. The number of esters is 1. The van der Waals surface area contributed by atoms with Crippen molar-refractivity contribution >= 4 is 18.4 Å². The number of carbonyl (C=O) groups is 1. The van der Waals surface area contributed by atoms with E-state index in [0.29, 0.717) is 0 Å². The first-order chi connectivity index (χ1) is 9.03. The van der Waals surface area contributed by atoms with Crippen molar-refractivity contribution in [3.8, 4) is 5.75 Å². The molecule has 0 saturated heterocycles. The summed E-state index contributed by atoms with van der Waals surface area (Å²) in [5, 5.41) is 9.69. The number of halogens is 1. The monoisotopic (exact) mass is 305 g/mol. The summed E-state index contributed by atoms with van der Waals surface area (Å²) >= 11 is 0. The Morgan fingerprint density at radius 2 is 1.95 bits per heavy atom. The van der Waals surface area contributed by atoms with Crippen LogP contribution in [0.4, 0.5) is 0 Å². The van der Waals surface area contributed by atoms with Gasteiger partial charge in [-0.2, -0.15) is 0 Å². The van der Waals surface area contributed by atoms with Gasteiger partial charge in [-0.25, -0.2) is 4.79 Å². The van der Waals surface area contributed by atoms with Gasteiger partial charge in [0.25, 0.3) is 0 Å². The quantitative estimate of drug-likeness (QED) is 0.807. The molecule has 0 atom stereocenters. The van der Waals surface area contributed by atoms with E-state index in [1.807, 2.05) is 18.7 Å². The van der Waals surface area contributed by atoms with E-state index in [4.69, 9.17) is 9.15 Å². The summed E-state index contributed by atoms with van der Waals surface area (Å²) in [6.07, 6.45) is 0. The molecule has 7 heteroatoms. The van der Waals surface area contributed by atoms with Crippen LogP contribution in [-0.2, 0) is 11.3 Å². The number of hydrogen-bond acceptors (Lipinski definition) is 6. The van der Waals surface area contributed by atoms with Gasteiger partial charge in [-0.05, 0) is 20.0 Å². The van der Waals surface area contributed by atoms with E-state index in [0.717, 1.165) is 19.2 Å². The van der Waals surface area contributed by atoms with Crippen molar-refractivity contribution in [3.05, 3.63) is 27.8 Å². The zero-order chi connectivity index (χ0) is 14.4. The molecule has 0 spiro atoms. The molecule has 1 heterocycles. The summed E-state index contributed by atoms with van der Waals surface area (Å²) in [6, 6.07) is 0.944. The summed E-state index contributed by atoms with van der Waals surface area (Å²) in [6.45, 7) is 7.50. The highest BCUT2D eigenvalue weighted by atomic mass is 35.5. The Bertz CT molecular complexity index is 496. The zero-order valence-corrected chi connectivity index (χ0v) is 12.7. The molecule has 1 rings (SSSR count). The fourth-order valence-corrected chi connectivity index (χ4v) is 1.60. The second-order valence-corrected chi connectivity index (χ2v) is 3.93. The second kappa shape index (κ2) is 8.60. The van der Waals surface area contributed by atoms with Crippen molar-refractivity contribution < 1.29 is 19.1 Å². The Kier molecular flexibility index (Phi) is 7.94. The van der Waals surface area contributed by atoms with Gasteiger partial charge in [0.15, 0.2) is 5.76 Å². The lowest BCUT2D eigenvalue weighted by Gasteiger charge is -2.17. The maximum absolute atomic E-state index is 11.6. The number of nitrogens with zero attached hydrogens (tertiary/aromatic N) is 1. The Morgan fingerprint density at radius 3 is 2.45 bits per heavy atom. The van der Waals surface area contributed by atoms with E-state index in [9.17, 15) is 14.7 Å². The van der Waals surface area contributed by atoms with Gasteiger partial charge in [-0.1, -0.05) is 13.8 Å². The van der Waals surface area contributed by atoms with Crippen molar-refractivity contribution in [1.29, 1.82) is 0 Å². The molecule has 0 bridgehead atoms. The molecular weight excluding hydrogens is 286 g/mol. The average molecular weight is 306 g/mol. The third kappa shape index (κ3) is 4.54. The van der Waals surface area contributed by atoms with E-state index < -0.39 is 17.1 Å². The highest BCUT2D eigenvalue weighted by molar-refractivity contribution is 5.86. The molecule has 0 aliphatic rings. The number of ether oxygens (including phenoxy) is 1.